The minimum absolute atomic E-state index is 0.413. The molecule has 0 saturated heterocycles. The van der Waals surface area contributed by atoms with Crippen molar-refractivity contribution in [1.29, 1.82) is 0 Å². The Labute approximate surface area is 88.0 Å². The molecule has 0 aliphatic carbocycles. The third-order valence-corrected chi connectivity index (χ3v) is 1.95. The molecule has 4 nitrogen and oxygen atoms in total. The van der Waals surface area contributed by atoms with Crippen LogP contribution in [0.4, 0.5) is 8.78 Å². The zero-order chi connectivity index (χ0) is 12.1. The number of nitrogens with one attached hydrogen (secondary N) is 2. The van der Waals surface area contributed by atoms with Crippen LogP contribution in [0.2, 0.25) is 0 Å². The minimum atomic E-state index is -2.84. The van der Waals surface area contributed by atoms with Gasteiger partial charge in [0.1, 0.15) is 6.10 Å². The molecular weight excluding hydrogens is 206 g/mol. The summed E-state index contributed by atoms with van der Waals surface area (Å²) in [6, 6.07) is 0. The van der Waals surface area contributed by atoms with E-state index in [-0.39, 0.29) is 0 Å². The highest BCUT2D eigenvalue weighted by molar-refractivity contribution is 5.85. The van der Waals surface area contributed by atoms with Crippen LogP contribution in [-0.4, -0.2) is 42.2 Å². The molecule has 1 amide bonds. The van der Waals surface area contributed by atoms with Crippen LogP contribution >= 0.6 is 0 Å². The van der Waals surface area contributed by atoms with Gasteiger partial charge in [-0.25, -0.2) is 8.78 Å². The first-order chi connectivity index (χ1) is 6.81. The van der Waals surface area contributed by atoms with Crippen LogP contribution in [0.25, 0.3) is 0 Å². The van der Waals surface area contributed by atoms with E-state index in [0.29, 0.717) is 6.54 Å². The maximum atomic E-state index is 11.9. The second kappa shape index (κ2) is 5.97. The molecule has 6 heteroatoms. The standard InChI is InChI=1S/C9H18F2N2O2/c1-4-13-9(2,3)8(15)12-5-6(14)7(10)11/h6-7,13-14H,4-5H2,1-3H3,(H,12,15). The maximum Gasteiger partial charge on any atom is 0.265 e. The van der Waals surface area contributed by atoms with Crippen molar-refractivity contribution < 1.29 is 18.7 Å². The third kappa shape index (κ3) is 5.03. The first-order valence-electron chi connectivity index (χ1n) is 4.80. The number of halogens is 2. The summed E-state index contributed by atoms with van der Waals surface area (Å²) < 4.78 is 23.8. The van der Waals surface area contributed by atoms with Crippen LogP contribution in [0.1, 0.15) is 20.8 Å². The molecule has 1 unspecified atom stereocenters. The number of carbonyl (C=O) groups is 1. The number of alkyl halides is 2. The number of likely N-dealkylation sites (N-methyl/N-ethyl adjacent to an activating group) is 1. The van der Waals surface area contributed by atoms with Crippen molar-refractivity contribution in [3.05, 3.63) is 0 Å². The molecule has 0 heterocycles. The van der Waals surface area contributed by atoms with Gasteiger partial charge in [-0.1, -0.05) is 6.92 Å². The Morgan fingerprint density at radius 1 is 1.47 bits per heavy atom. The van der Waals surface area contributed by atoms with Crippen molar-refractivity contribution in [3.63, 3.8) is 0 Å². The molecule has 0 aromatic heterocycles. The number of amides is 1. The molecule has 0 aliphatic heterocycles. The number of rotatable bonds is 6. The third-order valence-electron chi connectivity index (χ3n) is 1.95. The summed E-state index contributed by atoms with van der Waals surface area (Å²) in [6.45, 7) is 5.27. The monoisotopic (exact) mass is 224 g/mol. The number of carbonyl (C=O) groups excluding carboxylic acids is 1. The Kier molecular flexibility index (Phi) is 5.67. The van der Waals surface area contributed by atoms with Gasteiger partial charge in [0.15, 0.2) is 0 Å². The van der Waals surface area contributed by atoms with Crippen molar-refractivity contribution in [2.75, 3.05) is 13.1 Å². The summed E-state index contributed by atoms with van der Waals surface area (Å²) in [4.78, 5) is 11.5. The second-order valence-corrected chi connectivity index (χ2v) is 3.77. The number of aliphatic hydroxyl groups excluding tert-OH is 1. The molecule has 0 aliphatic rings. The van der Waals surface area contributed by atoms with Gasteiger partial charge >= 0.3 is 0 Å². The lowest BCUT2D eigenvalue weighted by Gasteiger charge is -2.25. The highest BCUT2D eigenvalue weighted by Crippen LogP contribution is 2.03. The fourth-order valence-corrected chi connectivity index (χ4v) is 1.03. The molecule has 1 atom stereocenters. The van der Waals surface area contributed by atoms with Gasteiger partial charge < -0.3 is 15.7 Å². The highest BCUT2D eigenvalue weighted by Gasteiger charge is 2.27. The Hall–Kier alpha value is -0.750. The van der Waals surface area contributed by atoms with Crippen molar-refractivity contribution >= 4 is 5.91 Å². The molecule has 0 bridgehead atoms. The Morgan fingerprint density at radius 2 is 2.00 bits per heavy atom. The van der Waals surface area contributed by atoms with Gasteiger partial charge in [-0.15, -0.1) is 0 Å². The summed E-state index contributed by atoms with van der Waals surface area (Å²) in [7, 11) is 0. The lowest BCUT2D eigenvalue weighted by atomic mass is 10.0. The number of hydrogen-bond donors (Lipinski definition) is 3. The van der Waals surface area contributed by atoms with Gasteiger partial charge in [0.2, 0.25) is 5.91 Å². The van der Waals surface area contributed by atoms with E-state index in [1.54, 1.807) is 13.8 Å². The minimum Gasteiger partial charge on any atom is -0.385 e. The normalized spacial score (nSPS) is 14.1. The van der Waals surface area contributed by atoms with Gasteiger partial charge in [0.25, 0.3) is 6.43 Å². The van der Waals surface area contributed by atoms with Gasteiger partial charge in [-0.2, -0.15) is 0 Å². The smallest absolute Gasteiger partial charge is 0.265 e. The van der Waals surface area contributed by atoms with Gasteiger partial charge in [-0.3, -0.25) is 4.79 Å². The van der Waals surface area contributed by atoms with E-state index in [9.17, 15) is 13.6 Å². The molecule has 0 aromatic rings. The van der Waals surface area contributed by atoms with Gasteiger partial charge in [0, 0.05) is 6.54 Å². The van der Waals surface area contributed by atoms with E-state index in [4.69, 9.17) is 5.11 Å². The largest absolute Gasteiger partial charge is 0.385 e. The zero-order valence-electron chi connectivity index (χ0n) is 9.18. The zero-order valence-corrected chi connectivity index (χ0v) is 9.18. The molecular formula is C9H18F2N2O2. The van der Waals surface area contributed by atoms with Gasteiger partial charge in [-0.05, 0) is 20.4 Å². The van der Waals surface area contributed by atoms with Crippen molar-refractivity contribution in [2.24, 2.45) is 0 Å². The highest BCUT2D eigenvalue weighted by atomic mass is 19.3. The first kappa shape index (κ1) is 14.2. The number of aliphatic hydroxyl groups is 1. The van der Waals surface area contributed by atoms with Crippen LogP contribution in [0.15, 0.2) is 0 Å². The molecule has 0 rings (SSSR count). The maximum absolute atomic E-state index is 11.9. The average molecular weight is 224 g/mol. The van der Waals surface area contributed by atoms with Gasteiger partial charge in [0.05, 0.1) is 5.54 Å². The predicted molar refractivity (Wildman–Crippen MR) is 52.8 cm³/mol. The first-order valence-corrected chi connectivity index (χ1v) is 4.80. The van der Waals surface area contributed by atoms with Crippen LogP contribution < -0.4 is 10.6 Å². The Bertz CT molecular complexity index is 210. The Morgan fingerprint density at radius 3 is 2.40 bits per heavy atom. The number of hydrogen-bond acceptors (Lipinski definition) is 3. The topological polar surface area (TPSA) is 61.4 Å². The van der Waals surface area contributed by atoms with Crippen molar-refractivity contribution in [3.8, 4) is 0 Å². The molecule has 0 saturated carbocycles. The van der Waals surface area contributed by atoms with Crippen LogP contribution in [-0.2, 0) is 4.79 Å². The summed E-state index contributed by atoms with van der Waals surface area (Å²) in [5.41, 5.74) is -0.823. The quantitative estimate of drug-likeness (QED) is 0.600. The van der Waals surface area contributed by atoms with Crippen LogP contribution in [0.5, 0.6) is 0 Å². The molecule has 3 N–H and O–H groups in total. The van der Waals surface area contributed by atoms with Crippen molar-refractivity contribution in [1.82, 2.24) is 10.6 Å². The van der Waals surface area contributed by atoms with E-state index in [1.807, 2.05) is 6.92 Å². The predicted octanol–water partition coefficient (Wildman–Crippen LogP) is 0.117. The van der Waals surface area contributed by atoms with E-state index in [1.165, 1.54) is 0 Å². The molecule has 0 fully saturated rings. The van der Waals surface area contributed by atoms with Crippen LogP contribution in [0, 0.1) is 0 Å². The van der Waals surface area contributed by atoms with Crippen LogP contribution in [0.3, 0.4) is 0 Å². The SMILES string of the molecule is CCNC(C)(C)C(=O)NCC(O)C(F)F. The van der Waals surface area contributed by atoms with E-state index in [2.05, 4.69) is 10.6 Å². The molecule has 0 radical (unpaired) electrons. The summed E-state index contributed by atoms with van der Waals surface area (Å²) >= 11 is 0. The molecule has 0 aromatic carbocycles. The molecule has 15 heavy (non-hydrogen) atoms. The fraction of sp³-hybridized carbons (Fsp3) is 0.889. The van der Waals surface area contributed by atoms with E-state index < -0.39 is 30.5 Å². The summed E-state index contributed by atoms with van der Waals surface area (Å²) in [5.74, 6) is -0.413. The second-order valence-electron chi connectivity index (χ2n) is 3.77. The summed E-state index contributed by atoms with van der Waals surface area (Å²) in [5, 5.41) is 13.9. The Balaban J connectivity index is 4.03. The molecule has 0 spiro atoms. The lowest BCUT2D eigenvalue weighted by molar-refractivity contribution is -0.127. The fourth-order valence-electron chi connectivity index (χ4n) is 1.03. The van der Waals surface area contributed by atoms with E-state index in [0.717, 1.165) is 0 Å². The van der Waals surface area contributed by atoms with Crippen molar-refractivity contribution in [2.45, 2.75) is 38.8 Å². The lowest BCUT2D eigenvalue weighted by Crippen LogP contribution is -2.54. The average Bonchev–Trinajstić information content (AvgIpc) is 2.13. The summed E-state index contributed by atoms with van der Waals surface area (Å²) in [6.07, 6.45) is -4.65. The molecule has 90 valence electrons. The van der Waals surface area contributed by atoms with E-state index >= 15 is 0 Å².